The van der Waals surface area contributed by atoms with Gasteiger partial charge in [-0.1, -0.05) is 35.9 Å². The Balaban J connectivity index is 1.69. The molecule has 0 atom stereocenters. The summed E-state index contributed by atoms with van der Waals surface area (Å²) in [6.45, 7) is 7.39. The van der Waals surface area contributed by atoms with Gasteiger partial charge in [0.2, 0.25) is 0 Å². The van der Waals surface area contributed by atoms with Crippen LogP contribution in [-0.4, -0.2) is 30.7 Å². The molecule has 0 amide bonds. The summed E-state index contributed by atoms with van der Waals surface area (Å²) in [5.41, 5.74) is 5.37. The first-order valence-electron chi connectivity index (χ1n) is 8.40. The lowest BCUT2D eigenvalue weighted by Crippen LogP contribution is -2.43. The molecule has 4 rings (SSSR count). The van der Waals surface area contributed by atoms with Gasteiger partial charge in [0, 0.05) is 50.0 Å². The SMILES string of the molecule is Cc1cccc(Cn2ccc3c(N4CCNCC4)cccc32)c1. The van der Waals surface area contributed by atoms with Gasteiger partial charge < -0.3 is 14.8 Å². The highest BCUT2D eigenvalue weighted by Gasteiger charge is 2.14. The highest BCUT2D eigenvalue weighted by Crippen LogP contribution is 2.28. The van der Waals surface area contributed by atoms with Gasteiger partial charge in [0.1, 0.15) is 0 Å². The maximum atomic E-state index is 3.43. The average Bonchev–Trinajstić information content (AvgIpc) is 2.99. The molecule has 1 N–H and O–H groups in total. The van der Waals surface area contributed by atoms with Crippen molar-refractivity contribution >= 4 is 16.6 Å². The van der Waals surface area contributed by atoms with Crippen LogP contribution in [0.3, 0.4) is 0 Å². The van der Waals surface area contributed by atoms with E-state index in [1.807, 2.05) is 0 Å². The van der Waals surface area contributed by atoms with Crippen LogP contribution in [0.5, 0.6) is 0 Å². The van der Waals surface area contributed by atoms with Crippen molar-refractivity contribution in [1.29, 1.82) is 0 Å². The van der Waals surface area contributed by atoms with Crippen molar-refractivity contribution in [1.82, 2.24) is 9.88 Å². The molecule has 1 aromatic heterocycles. The van der Waals surface area contributed by atoms with Gasteiger partial charge in [0.05, 0.1) is 5.52 Å². The first-order valence-corrected chi connectivity index (χ1v) is 8.40. The molecular formula is C20H23N3. The third-order valence-electron chi connectivity index (χ3n) is 4.68. The van der Waals surface area contributed by atoms with Crippen LogP contribution in [0.4, 0.5) is 5.69 Å². The first kappa shape index (κ1) is 14.3. The lowest BCUT2D eigenvalue weighted by molar-refractivity contribution is 0.590. The lowest BCUT2D eigenvalue weighted by atomic mass is 10.1. The van der Waals surface area contributed by atoms with Gasteiger partial charge in [0.25, 0.3) is 0 Å². The fourth-order valence-electron chi connectivity index (χ4n) is 3.53. The number of hydrogen-bond acceptors (Lipinski definition) is 2. The number of rotatable bonds is 3. The third-order valence-corrected chi connectivity index (χ3v) is 4.68. The minimum absolute atomic E-state index is 0.927. The van der Waals surface area contributed by atoms with E-state index >= 15 is 0 Å². The molecule has 118 valence electrons. The number of fused-ring (bicyclic) bond motifs is 1. The van der Waals surface area contributed by atoms with Crippen LogP contribution in [0.15, 0.2) is 54.7 Å². The third kappa shape index (κ3) is 2.84. The Kier molecular flexibility index (Phi) is 3.80. The maximum absolute atomic E-state index is 3.43. The molecule has 0 unspecified atom stereocenters. The number of aromatic nitrogens is 1. The van der Waals surface area contributed by atoms with Crippen LogP contribution in [0.25, 0.3) is 10.9 Å². The predicted octanol–water partition coefficient (Wildman–Crippen LogP) is 3.41. The Morgan fingerprint density at radius 3 is 2.65 bits per heavy atom. The molecule has 2 aromatic carbocycles. The Morgan fingerprint density at radius 2 is 1.83 bits per heavy atom. The zero-order chi connectivity index (χ0) is 15.6. The van der Waals surface area contributed by atoms with Crippen LogP contribution < -0.4 is 10.2 Å². The smallest absolute Gasteiger partial charge is 0.0504 e. The van der Waals surface area contributed by atoms with Crippen molar-refractivity contribution in [2.45, 2.75) is 13.5 Å². The van der Waals surface area contributed by atoms with Gasteiger partial charge >= 0.3 is 0 Å². The van der Waals surface area contributed by atoms with E-state index < -0.39 is 0 Å². The number of nitrogens with zero attached hydrogens (tertiary/aromatic N) is 2. The van der Waals surface area contributed by atoms with Crippen LogP contribution >= 0.6 is 0 Å². The molecule has 2 heterocycles. The summed E-state index contributed by atoms with van der Waals surface area (Å²) in [5, 5.41) is 4.79. The standard InChI is InChI=1S/C20H23N3/c1-16-4-2-5-17(14-16)15-23-11-8-18-19(6-3-7-20(18)23)22-12-9-21-10-13-22/h2-8,11,14,21H,9-10,12-13,15H2,1H3. The second-order valence-corrected chi connectivity index (χ2v) is 6.38. The molecule has 0 bridgehead atoms. The van der Waals surface area contributed by atoms with Crippen LogP contribution in [-0.2, 0) is 6.54 Å². The quantitative estimate of drug-likeness (QED) is 0.800. The summed E-state index contributed by atoms with van der Waals surface area (Å²) in [4.78, 5) is 2.50. The normalized spacial score (nSPS) is 15.3. The fourth-order valence-corrected chi connectivity index (χ4v) is 3.53. The summed E-state index contributed by atoms with van der Waals surface area (Å²) >= 11 is 0. The molecule has 0 spiro atoms. The molecule has 0 radical (unpaired) electrons. The Labute approximate surface area is 137 Å². The molecule has 1 aliphatic rings. The monoisotopic (exact) mass is 305 g/mol. The van der Waals surface area contributed by atoms with Crippen molar-refractivity contribution in [3.63, 3.8) is 0 Å². The minimum Gasteiger partial charge on any atom is -0.368 e. The second kappa shape index (κ2) is 6.09. The van der Waals surface area contributed by atoms with Gasteiger partial charge in [-0.15, -0.1) is 0 Å². The minimum atomic E-state index is 0.927. The summed E-state index contributed by atoms with van der Waals surface area (Å²) in [6, 6.07) is 17.7. The molecule has 0 saturated carbocycles. The molecule has 23 heavy (non-hydrogen) atoms. The van der Waals surface area contributed by atoms with Gasteiger partial charge in [-0.25, -0.2) is 0 Å². The predicted molar refractivity (Wildman–Crippen MR) is 97.3 cm³/mol. The Bertz CT molecular complexity index is 813. The number of aryl methyl sites for hydroxylation is 1. The summed E-state index contributed by atoms with van der Waals surface area (Å²) in [7, 11) is 0. The van der Waals surface area contributed by atoms with Crippen LogP contribution in [0, 0.1) is 6.92 Å². The summed E-state index contributed by atoms with van der Waals surface area (Å²) in [6.07, 6.45) is 2.22. The summed E-state index contributed by atoms with van der Waals surface area (Å²) in [5.74, 6) is 0. The molecular weight excluding hydrogens is 282 g/mol. The Morgan fingerprint density at radius 1 is 1.00 bits per heavy atom. The molecule has 1 fully saturated rings. The zero-order valence-corrected chi connectivity index (χ0v) is 13.6. The maximum Gasteiger partial charge on any atom is 0.0504 e. The van der Waals surface area contributed by atoms with E-state index in [1.165, 1.54) is 27.7 Å². The van der Waals surface area contributed by atoms with Crippen LogP contribution in [0.1, 0.15) is 11.1 Å². The van der Waals surface area contributed by atoms with Crippen LogP contribution in [0.2, 0.25) is 0 Å². The summed E-state index contributed by atoms with van der Waals surface area (Å²) < 4.78 is 2.36. The van der Waals surface area contributed by atoms with Crippen molar-refractivity contribution < 1.29 is 0 Å². The first-order chi connectivity index (χ1) is 11.3. The number of hydrogen-bond donors (Lipinski definition) is 1. The topological polar surface area (TPSA) is 20.2 Å². The highest BCUT2D eigenvalue weighted by atomic mass is 15.2. The molecule has 1 saturated heterocycles. The van der Waals surface area contributed by atoms with E-state index in [1.54, 1.807) is 0 Å². The van der Waals surface area contributed by atoms with E-state index in [-0.39, 0.29) is 0 Å². The van der Waals surface area contributed by atoms with Gasteiger partial charge in [0.15, 0.2) is 0 Å². The van der Waals surface area contributed by atoms with Gasteiger partial charge in [-0.3, -0.25) is 0 Å². The van der Waals surface area contributed by atoms with Crippen molar-refractivity contribution in [3.8, 4) is 0 Å². The van der Waals surface area contributed by atoms with E-state index in [0.29, 0.717) is 0 Å². The molecule has 3 heteroatoms. The second-order valence-electron chi connectivity index (χ2n) is 6.38. The molecule has 3 nitrogen and oxygen atoms in total. The average molecular weight is 305 g/mol. The number of piperazine rings is 1. The zero-order valence-electron chi connectivity index (χ0n) is 13.6. The van der Waals surface area contributed by atoms with Gasteiger partial charge in [-0.05, 0) is 30.7 Å². The molecule has 3 aromatic rings. The van der Waals surface area contributed by atoms with E-state index in [0.717, 1.165) is 32.7 Å². The van der Waals surface area contributed by atoms with Gasteiger partial charge in [-0.2, -0.15) is 0 Å². The number of nitrogens with one attached hydrogen (secondary N) is 1. The fraction of sp³-hybridized carbons (Fsp3) is 0.300. The molecule has 0 aliphatic carbocycles. The number of benzene rings is 2. The van der Waals surface area contributed by atoms with E-state index in [9.17, 15) is 0 Å². The van der Waals surface area contributed by atoms with Crippen molar-refractivity contribution in [3.05, 3.63) is 65.9 Å². The highest BCUT2D eigenvalue weighted by molar-refractivity contribution is 5.93. The van der Waals surface area contributed by atoms with Crippen molar-refractivity contribution in [2.75, 3.05) is 31.1 Å². The largest absolute Gasteiger partial charge is 0.368 e. The molecule has 1 aliphatic heterocycles. The Hall–Kier alpha value is -2.26. The van der Waals surface area contributed by atoms with E-state index in [4.69, 9.17) is 0 Å². The lowest BCUT2D eigenvalue weighted by Gasteiger charge is -2.30. The number of anilines is 1. The van der Waals surface area contributed by atoms with E-state index in [2.05, 4.69) is 76.4 Å². The van der Waals surface area contributed by atoms with Crippen molar-refractivity contribution in [2.24, 2.45) is 0 Å².